The molecule has 10 nitrogen and oxygen atoms in total. The first-order chi connectivity index (χ1) is 49.2. The smallest absolute Gasteiger partial charge is 0.223 e. The van der Waals surface area contributed by atoms with Crippen LogP contribution in [0.1, 0.15) is 337 Å². The molecule has 0 radical (unpaired) electrons. The SMILES string of the molecule is C#CC#CC#CC#CC#C.CC(C)(C)CCC(C)(C)C.CC(C)(C)CCNC(=O)CC(C)(C)C.CC(C)(C)CCNC(=O)[C@@H](CC(=O)CC(C)(C)C)Cc1ccccc1.CC(C)(C)CCNC(=O)[C@H](Cc1ccccc1)C(C)(C)C.CC(C)(C)CCOCCC(C)(C)C.CC(C)(C)CCOCCOCCC(C)(C)C. The van der Waals surface area contributed by atoms with E-state index in [-0.39, 0.29) is 62.4 Å². The van der Waals surface area contributed by atoms with Crippen molar-refractivity contribution in [3.8, 4) is 60.2 Å². The van der Waals surface area contributed by atoms with Crippen molar-refractivity contribution in [2.45, 2.75) is 339 Å². The van der Waals surface area contributed by atoms with Crippen molar-refractivity contribution in [1.82, 2.24) is 16.0 Å². The number of Topliss-reactive ketones (excluding diaryl/α,β-unsaturated/α-hetero) is 1. The minimum Gasteiger partial charge on any atom is -0.381 e. The summed E-state index contributed by atoms with van der Waals surface area (Å²) < 4.78 is 16.6. The number of carbonyl (C=O) groups excluding carboxylic acids is 4. The van der Waals surface area contributed by atoms with Gasteiger partial charge in [-0.05, 0) is 194 Å². The summed E-state index contributed by atoms with van der Waals surface area (Å²) >= 11 is 0. The van der Waals surface area contributed by atoms with Crippen molar-refractivity contribution in [3.63, 3.8) is 0 Å². The predicted molar refractivity (Wildman–Crippen MR) is 474 cm³/mol. The molecule has 0 saturated carbocycles. The van der Waals surface area contributed by atoms with Crippen molar-refractivity contribution in [2.24, 2.45) is 76.8 Å². The molecule has 2 rings (SSSR count). The zero-order chi connectivity index (χ0) is 85.9. The van der Waals surface area contributed by atoms with E-state index in [1.54, 1.807) is 0 Å². The highest BCUT2D eigenvalue weighted by Gasteiger charge is 2.32. The predicted octanol–water partition coefficient (Wildman–Crippen LogP) is 24.1. The number of ether oxygens (including phenoxy) is 3. The second-order valence-corrected chi connectivity index (χ2v) is 43.8. The van der Waals surface area contributed by atoms with Crippen LogP contribution in [-0.4, -0.2) is 82.8 Å². The summed E-state index contributed by atoms with van der Waals surface area (Å²) in [5, 5.41) is 9.12. The lowest BCUT2D eigenvalue weighted by Gasteiger charge is -2.30. The van der Waals surface area contributed by atoms with E-state index in [4.69, 9.17) is 27.1 Å². The van der Waals surface area contributed by atoms with Crippen LogP contribution < -0.4 is 16.0 Å². The van der Waals surface area contributed by atoms with E-state index in [0.717, 1.165) is 110 Å². The van der Waals surface area contributed by atoms with E-state index < -0.39 is 0 Å². The van der Waals surface area contributed by atoms with Crippen molar-refractivity contribution >= 4 is 23.5 Å². The lowest BCUT2D eigenvalue weighted by Crippen LogP contribution is -2.40. The van der Waals surface area contributed by atoms with Gasteiger partial charge in [-0.1, -0.05) is 310 Å². The molecule has 0 fully saturated rings. The maximum Gasteiger partial charge on any atom is 0.223 e. The fourth-order valence-electron chi connectivity index (χ4n) is 9.13. The Bertz CT molecular complexity index is 2920. The molecule has 10 heteroatoms. The van der Waals surface area contributed by atoms with Gasteiger partial charge in [0.25, 0.3) is 0 Å². The Morgan fingerprint density at radius 1 is 0.321 bits per heavy atom. The van der Waals surface area contributed by atoms with Gasteiger partial charge in [0.1, 0.15) is 5.78 Å². The van der Waals surface area contributed by atoms with Gasteiger partial charge in [0, 0.05) is 77.2 Å². The van der Waals surface area contributed by atoms with Gasteiger partial charge in [-0.15, -0.1) is 12.8 Å². The van der Waals surface area contributed by atoms with E-state index in [0.29, 0.717) is 70.1 Å². The Kier molecular flexibility index (Phi) is 57.0. The molecule has 624 valence electrons. The Labute approximate surface area is 676 Å². The molecule has 2 atom stereocenters. The number of terminal acetylenes is 2. The number of ketones is 1. The van der Waals surface area contributed by atoms with Crippen LogP contribution in [0.15, 0.2) is 60.7 Å². The first-order valence-electron chi connectivity index (χ1n) is 40.8. The maximum absolute atomic E-state index is 12.7. The topological polar surface area (TPSA) is 132 Å². The number of rotatable bonds is 28. The average molecular weight is 1520 g/mol. The van der Waals surface area contributed by atoms with Crippen LogP contribution in [0.5, 0.6) is 0 Å². The number of benzene rings is 2. The highest BCUT2D eigenvalue weighted by molar-refractivity contribution is 5.87. The molecule has 0 bridgehead atoms. The van der Waals surface area contributed by atoms with Gasteiger partial charge in [-0.3, -0.25) is 19.2 Å². The third kappa shape index (κ3) is 94.5. The summed E-state index contributed by atoms with van der Waals surface area (Å²) in [6.45, 7) is 86.3. The molecule has 0 aromatic heterocycles. The van der Waals surface area contributed by atoms with Gasteiger partial charge in [-0.25, -0.2) is 0 Å². The summed E-state index contributed by atoms with van der Waals surface area (Å²) in [5.74, 6) is 18.6. The van der Waals surface area contributed by atoms with E-state index >= 15 is 0 Å². The standard InChI is InChI=1S/C22H35NO2.C19H31NO.C14H30O2.C12H25NO.C12H26O.C10H22.C10H2/c1-21(2,3)12-13-23-20(25)18(14-17-10-8-7-9-11-17)15-19(24)16-22(4,5)6;1-18(2,3)12-13-20-17(21)16(19(4,5)6)14-15-10-8-7-9-11-15;1-13(2,3)7-9-15-11-12-16-10-8-14(4,5)6;1-11(2,3)7-8-13-10(14)9-12(4,5)6;1-11(2,3)7-9-13-10-8-12(4,5)6;1-9(2,3)7-8-10(4,5)6;1-3-5-7-9-10-8-6-4-2/h7-11,18H,12-16H2,1-6H3,(H,23,25);7-11,16H,12-14H2,1-6H3,(H,20,21);7-12H2,1-6H3;7-9H2,1-6H3,(H,13,14);7-10H2,1-6H3;7-8H2,1-6H3;1-2H/t18-;16-;;;;;/m10...../s1. The molecule has 3 N–H and O–H groups in total. The highest BCUT2D eigenvalue weighted by atomic mass is 16.5. The van der Waals surface area contributed by atoms with Crippen molar-refractivity contribution in [3.05, 3.63) is 71.8 Å². The monoisotopic (exact) mass is 1510 g/mol. The quantitative estimate of drug-likeness (QED) is 0.0571. The third-order valence-electron chi connectivity index (χ3n) is 16.2. The van der Waals surface area contributed by atoms with Gasteiger partial charge in [0.2, 0.25) is 17.7 Å². The second-order valence-electron chi connectivity index (χ2n) is 43.8. The van der Waals surface area contributed by atoms with Crippen LogP contribution in [0.4, 0.5) is 0 Å². The molecule has 0 heterocycles. The van der Waals surface area contributed by atoms with Crippen LogP contribution in [-0.2, 0) is 46.2 Å². The van der Waals surface area contributed by atoms with Crippen LogP contribution >= 0.6 is 0 Å². The molecule has 0 unspecified atom stereocenters. The summed E-state index contributed by atoms with van der Waals surface area (Å²) in [6.07, 6.45) is 22.6. The molecule has 109 heavy (non-hydrogen) atoms. The number of hydrogen-bond donors (Lipinski definition) is 3. The normalized spacial score (nSPS) is 12.5. The van der Waals surface area contributed by atoms with Crippen molar-refractivity contribution in [2.75, 3.05) is 59.3 Å². The summed E-state index contributed by atoms with van der Waals surface area (Å²) in [7, 11) is 0. The summed E-state index contributed by atoms with van der Waals surface area (Å²) in [6, 6.07) is 20.2. The van der Waals surface area contributed by atoms with Crippen molar-refractivity contribution < 1.29 is 33.4 Å². The third-order valence-corrected chi connectivity index (χ3v) is 16.2. The second kappa shape index (κ2) is 55.6. The van der Waals surface area contributed by atoms with Crippen molar-refractivity contribution in [1.29, 1.82) is 0 Å². The molecule has 0 aliphatic heterocycles. The summed E-state index contributed by atoms with van der Waals surface area (Å²) in [4.78, 5) is 49.1. The lowest BCUT2D eigenvalue weighted by molar-refractivity contribution is -0.130. The minimum absolute atomic E-state index is 0.000122. The van der Waals surface area contributed by atoms with Gasteiger partial charge in [0.05, 0.1) is 13.2 Å². The van der Waals surface area contributed by atoms with E-state index in [9.17, 15) is 19.2 Å². The van der Waals surface area contributed by atoms with Crippen LogP contribution in [0.25, 0.3) is 0 Å². The number of hydrogen-bond acceptors (Lipinski definition) is 7. The molecule has 0 saturated heterocycles. The lowest BCUT2D eigenvalue weighted by atomic mass is 9.76. The van der Waals surface area contributed by atoms with Gasteiger partial charge in [0.15, 0.2) is 0 Å². The summed E-state index contributed by atoms with van der Waals surface area (Å²) in [5.41, 5.74) is 5.63. The first-order valence-corrected chi connectivity index (χ1v) is 40.8. The van der Waals surface area contributed by atoms with E-state index in [2.05, 4.69) is 325 Å². The van der Waals surface area contributed by atoms with E-state index in [1.807, 2.05) is 48.5 Å². The molecule has 0 spiro atoms. The average Bonchev–Trinajstić information content (AvgIpc) is 0.848. The minimum atomic E-state index is -0.294. The Morgan fingerprint density at radius 2 is 0.596 bits per heavy atom. The zero-order valence-electron chi connectivity index (χ0n) is 77.7. The molecular weight excluding hydrogens is 1340 g/mol. The van der Waals surface area contributed by atoms with Gasteiger partial charge < -0.3 is 30.2 Å². The number of carbonyl (C=O) groups is 4. The number of nitrogens with one attached hydrogen (secondary N) is 3. The Balaban J connectivity index is -0.000000396. The Hall–Kier alpha value is -5.80. The largest absolute Gasteiger partial charge is 0.381 e. The highest BCUT2D eigenvalue weighted by Crippen LogP contribution is 2.32. The van der Waals surface area contributed by atoms with Gasteiger partial charge >= 0.3 is 0 Å². The molecule has 3 amide bonds. The maximum atomic E-state index is 12.7. The fourth-order valence-corrected chi connectivity index (χ4v) is 9.13. The first kappa shape index (κ1) is 112. The molecule has 0 aliphatic carbocycles. The van der Waals surface area contributed by atoms with Crippen LogP contribution in [0.3, 0.4) is 0 Å². The molecular formula is C99H171N3O7. The Morgan fingerprint density at radius 3 is 0.881 bits per heavy atom. The molecule has 0 aliphatic rings. The van der Waals surface area contributed by atoms with E-state index in [1.165, 1.54) is 18.4 Å². The molecule has 2 aromatic carbocycles. The van der Waals surface area contributed by atoms with Crippen LogP contribution in [0.2, 0.25) is 0 Å². The molecule has 2 aromatic rings. The number of amides is 3. The van der Waals surface area contributed by atoms with Gasteiger partial charge in [-0.2, -0.15) is 0 Å². The van der Waals surface area contributed by atoms with Crippen LogP contribution in [0, 0.1) is 137 Å². The zero-order valence-corrected chi connectivity index (χ0v) is 77.7. The fraction of sp³-hybridized carbons (Fsp3) is 0.737.